The molecule has 0 radical (unpaired) electrons. The van der Waals surface area contributed by atoms with Crippen LogP contribution in [0, 0.1) is 23.0 Å². The standard InChI is InChI=1S/C31H25F5N2O3/c32-25-6-3-18(11-26(25)33)20-9-19-7-8-38(16-17-1-4-22(5-2-17)31(34,35)36)27(19)24(10-20)28(39)37-23-14-30(15-23)12-21(13-30)29(40)41/h1-11,21,23H,12-16H2,(H,37,39)(H,40,41). The molecule has 6 rings (SSSR count). The first kappa shape index (κ1) is 27.0. The van der Waals surface area contributed by atoms with Crippen molar-refractivity contribution < 1.29 is 36.6 Å². The predicted octanol–water partition coefficient (Wildman–Crippen LogP) is 7.03. The molecule has 2 fully saturated rings. The summed E-state index contributed by atoms with van der Waals surface area (Å²) < 4.78 is 68.5. The lowest BCUT2D eigenvalue weighted by Gasteiger charge is -2.56. The van der Waals surface area contributed by atoms with Gasteiger partial charge in [0.15, 0.2) is 11.6 Å². The van der Waals surface area contributed by atoms with Crippen LogP contribution in [-0.4, -0.2) is 27.6 Å². The topological polar surface area (TPSA) is 71.3 Å². The molecular formula is C31H25F5N2O3. The summed E-state index contributed by atoms with van der Waals surface area (Å²) in [6.07, 6.45) is -0.162. The largest absolute Gasteiger partial charge is 0.481 e. The Hall–Kier alpha value is -4.21. The second-order valence-electron chi connectivity index (χ2n) is 11.3. The van der Waals surface area contributed by atoms with Gasteiger partial charge in [-0.25, -0.2) is 8.78 Å². The minimum atomic E-state index is -4.45. The Bertz CT molecular complexity index is 1660. The van der Waals surface area contributed by atoms with Crippen LogP contribution in [0.25, 0.3) is 22.0 Å². The van der Waals surface area contributed by atoms with Crippen LogP contribution in [0.15, 0.2) is 66.9 Å². The SMILES string of the molecule is O=C(NC1CC2(C1)CC(C(=O)O)C2)c1cc(-c2ccc(F)c(F)c2)cc2ccn(Cc3ccc(C(F)(F)F)cc3)c12. The van der Waals surface area contributed by atoms with Crippen molar-refractivity contribution in [2.45, 2.75) is 44.4 Å². The highest BCUT2D eigenvalue weighted by Gasteiger charge is 2.55. The number of rotatable bonds is 6. The summed E-state index contributed by atoms with van der Waals surface area (Å²) in [6, 6.07) is 13.3. The second kappa shape index (κ2) is 9.71. The van der Waals surface area contributed by atoms with Gasteiger partial charge in [0.05, 0.1) is 22.6 Å². The Morgan fingerprint density at radius 2 is 1.61 bits per heavy atom. The number of carbonyl (C=O) groups excluding carboxylic acids is 1. The lowest BCUT2D eigenvalue weighted by atomic mass is 9.50. The van der Waals surface area contributed by atoms with Crippen LogP contribution in [0.3, 0.4) is 0 Å². The Labute approximate surface area is 231 Å². The fourth-order valence-corrected chi connectivity index (χ4v) is 6.34. The summed E-state index contributed by atoms with van der Waals surface area (Å²) in [6.45, 7) is 0.204. The number of halogens is 5. The van der Waals surface area contributed by atoms with E-state index in [4.69, 9.17) is 0 Å². The van der Waals surface area contributed by atoms with E-state index in [0.29, 0.717) is 53.3 Å². The number of hydrogen-bond donors (Lipinski definition) is 2. The second-order valence-corrected chi connectivity index (χ2v) is 11.3. The number of nitrogens with one attached hydrogen (secondary N) is 1. The van der Waals surface area contributed by atoms with Crippen molar-refractivity contribution in [2.75, 3.05) is 0 Å². The molecule has 41 heavy (non-hydrogen) atoms. The number of fused-ring (bicyclic) bond motifs is 1. The van der Waals surface area contributed by atoms with Crippen molar-refractivity contribution >= 4 is 22.8 Å². The van der Waals surface area contributed by atoms with E-state index in [1.165, 1.54) is 18.2 Å². The highest BCUT2D eigenvalue weighted by molar-refractivity contribution is 6.08. The average Bonchev–Trinajstić information content (AvgIpc) is 3.27. The number of carboxylic acid groups (broad SMARTS) is 1. The molecule has 0 saturated heterocycles. The Kier molecular flexibility index (Phi) is 6.39. The van der Waals surface area contributed by atoms with Crippen molar-refractivity contribution in [1.29, 1.82) is 0 Å². The van der Waals surface area contributed by atoms with E-state index in [9.17, 15) is 36.6 Å². The van der Waals surface area contributed by atoms with Gasteiger partial charge in [-0.05, 0) is 90.3 Å². The Balaban J connectivity index is 1.31. The third-order valence-electron chi connectivity index (χ3n) is 8.39. The summed E-state index contributed by atoms with van der Waals surface area (Å²) in [5.74, 6) is -3.52. The van der Waals surface area contributed by atoms with Crippen LogP contribution < -0.4 is 5.32 Å². The molecule has 10 heteroatoms. The molecule has 0 bridgehead atoms. The third-order valence-corrected chi connectivity index (χ3v) is 8.39. The van der Waals surface area contributed by atoms with Crippen molar-refractivity contribution in [3.63, 3.8) is 0 Å². The Morgan fingerprint density at radius 1 is 0.902 bits per heavy atom. The lowest BCUT2D eigenvalue weighted by Crippen LogP contribution is -2.57. The van der Waals surface area contributed by atoms with Crippen molar-refractivity contribution in [3.8, 4) is 11.1 Å². The average molecular weight is 569 g/mol. The summed E-state index contributed by atoms with van der Waals surface area (Å²) >= 11 is 0. The number of amides is 1. The summed E-state index contributed by atoms with van der Waals surface area (Å²) in [5.41, 5.74) is 1.52. The minimum Gasteiger partial charge on any atom is -0.481 e. The van der Waals surface area contributed by atoms with Gasteiger partial charge in [-0.3, -0.25) is 9.59 Å². The molecule has 2 N–H and O–H groups in total. The van der Waals surface area contributed by atoms with Crippen LogP contribution in [0.4, 0.5) is 22.0 Å². The summed E-state index contributed by atoms with van der Waals surface area (Å²) in [4.78, 5) is 24.8. The third kappa shape index (κ3) is 5.07. The molecule has 0 atom stereocenters. The Morgan fingerprint density at radius 3 is 2.24 bits per heavy atom. The van der Waals surface area contributed by atoms with Gasteiger partial charge in [0, 0.05) is 24.2 Å². The van der Waals surface area contributed by atoms with E-state index in [2.05, 4.69) is 5.32 Å². The number of aromatic nitrogens is 1. The van der Waals surface area contributed by atoms with E-state index in [-0.39, 0.29) is 35.4 Å². The van der Waals surface area contributed by atoms with Crippen LogP contribution in [0.5, 0.6) is 0 Å². The number of hydrogen-bond acceptors (Lipinski definition) is 2. The van der Waals surface area contributed by atoms with Gasteiger partial charge in [-0.1, -0.05) is 18.2 Å². The first-order valence-electron chi connectivity index (χ1n) is 13.2. The molecule has 2 saturated carbocycles. The molecule has 0 aliphatic heterocycles. The van der Waals surface area contributed by atoms with Gasteiger partial charge in [0.25, 0.3) is 5.91 Å². The van der Waals surface area contributed by atoms with Crippen LogP contribution in [0.2, 0.25) is 0 Å². The molecule has 5 nitrogen and oxygen atoms in total. The number of carbonyl (C=O) groups is 2. The zero-order chi connectivity index (χ0) is 29.1. The minimum absolute atomic E-state index is 0.0490. The molecule has 1 aromatic heterocycles. The number of aliphatic carboxylic acids is 1. The molecule has 2 aliphatic carbocycles. The zero-order valence-corrected chi connectivity index (χ0v) is 21.6. The van der Waals surface area contributed by atoms with E-state index >= 15 is 0 Å². The molecule has 3 aromatic carbocycles. The molecule has 4 aromatic rings. The van der Waals surface area contributed by atoms with E-state index in [1.54, 1.807) is 29.0 Å². The molecule has 1 amide bonds. The summed E-state index contributed by atoms with van der Waals surface area (Å²) in [7, 11) is 0. The number of carboxylic acids is 1. The first-order valence-corrected chi connectivity index (χ1v) is 13.2. The zero-order valence-electron chi connectivity index (χ0n) is 21.6. The number of alkyl halides is 3. The molecular weight excluding hydrogens is 543 g/mol. The maximum Gasteiger partial charge on any atom is 0.416 e. The lowest BCUT2D eigenvalue weighted by molar-refractivity contribution is -0.155. The monoisotopic (exact) mass is 568 g/mol. The van der Waals surface area contributed by atoms with Gasteiger partial charge >= 0.3 is 12.1 Å². The number of benzene rings is 3. The fourth-order valence-electron chi connectivity index (χ4n) is 6.34. The van der Waals surface area contributed by atoms with Crippen molar-refractivity contribution in [2.24, 2.45) is 11.3 Å². The number of nitrogens with zero attached hydrogens (tertiary/aromatic N) is 1. The maximum atomic E-state index is 14.0. The summed E-state index contributed by atoms with van der Waals surface area (Å²) in [5, 5.41) is 12.9. The highest BCUT2D eigenvalue weighted by atomic mass is 19.4. The van der Waals surface area contributed by atoms with Gasteiger partial charge in [0.1, 0.15) is 0 Å². The van der Waals surface area contributed by atoms with E-state index in [1.807, 2.05) is 0 Å². The van der Waals surface area contributed by atoms with Crippen molar-refractivity contribution in [1.82, 2.24) is 9.88 Å². The van der Waals surface area contributed by atoms with Crippen LogP contribution in [0.1, 0.15) is 47.2 Å². The van der Waals surface area contributed by atoms with E-state index in [0.717, 1.165) is 24.3 Å². The normalized spacial score (nSPS) is 21.9. The van der Waals surface area contributed by atoms with Gasteiger partial charge in [-0.15, -0.1) is 0 Å². The molecule has 212 valence electrons. The van der Waals surface area contributed by atoms with Crippen molar-refractivity contribution in [3.05, 3.63) is 95.2 Å². The molecule has 2 aliphatic rings. The fraction of sp³-hybridized carbons (Fsp3) is 0.290. The maximum absolute atomic E-state index is 14.0. The highest BCUT2D eigenvalue weighted by Crippen LogP contribution is 2.58. The van der Waals surface area contributed by atoms with Gasteiger partial charge in [0.2, 0.25) is 0 Å². The van der Waals surface area contributed by atoms with Gasteiger partial charge in [-0.2, -0.15) is 13.2 Å². The van der Waals surface area contributed by atoms with Crippen LogP contribution >= 0.6 is 0 Å². The molecule has 1 spiro atoms. The molecule has 0 unspecified atom stereocenters. The quantitative estimate of drug-likeness (QED) is 0.246. The van der Waals surface area contributed by atoms with Gasteiger partial charge < -0.3 is 15.0 Å². The first-order chi connectivity index (χ1) is 19.4. The van der Waals surface area contributed by atoms with Crippen LogP contribution in [-0.2, 0) is 17.5 Å². The molecule has 1 heterocycles. The smallest absolute Gasteiger partial charge is 0.416 e. The predicted molar refractivity (Wildman–Crippen MR) is 141 cm³/mol. The van der Waals surface area contributed by atoms with E-state index < -0.39 is 29.3 Å².